The standard InChI is InChI=1S/C10H11ClN4O3/c11-9-8(3-7(5-13-9)15(17)18)10(16)14-6-1-2-12-4-6/h3,5-6,12H,1-2,4H2,(H,14,16)/t6-/m0/s1. The van der Waals surface area contributed by atoms with E-state index >= 15 is 0 Å². The zero-order chi connectivity index (χ0) is 13.1. The van der Waals surface area contributed by atoms with Gasteiger partial charge in [0.1, 0.15) is 11.3 Å². The number of pyridine rings is 1. The van der Waals surface area contributed by atoms with Gasteiger partial charge in [0.2, 0.25) is 0 Å². The van der Waals surface area contributed by atoms with Gasteiger partial charge in [-0.2, -0.15) is 0 Å². The summed E-state index contributed by atoms with van der Waals surface area (Å²) >= 11 is 5.77. The lowest BCUT2D eigenvalue weighted by Crippen LogP contribution is -2.36. The second-order valence-corrected chi connectivity index (χ2v) is 4.31. The fourth-order valence-electron chi connectivity index (χ4n) is 1.74. The van der Waals surface area contributed by atoms with Crippen LogP contribution in [0.25, 0.3) is 0 Å². The third-order valence-corrected chi connectivity index (χ3v) is 2.98. The van der Waals surface area contributed by atoms with Crippen LogP contribution in [0.3, 0.4) is 0 Å². The van der Waals surface area contributed by atoms with E-state index in [0.29, 0.717) is 6.54 Å². The molecule has 8 heteroatoms. The van der Waals surface area contributed by atoms with E-state index in [2.05, 4.69) is 15.6 Å². The highest BCUT2D eigenvalue weighted by atomic mass is 35.5. The number of halogens is 1. The molecule has 18 heavy (non-hydrogen) atoms. The molecule has 1 atom stereocenters. The van der Waals surface area contributed by atoms with E-state index < -0.39 is 10.8 Å². The lowest BCUT2D eigenvalue weighted by Gasteiger charge is -2.11. The fourth-order valence-corrected chi connectivity index (χ4v) is 1.93. The van der Waals surface area contributed by atoms with Crippen LogP contribution in [0.15, 0.2) is 12.3 Å². The fraction of sp³-hybridized carbons (Fsp3) is 0.400. The van der Waals surface area contributed by atoms with E-state index in [1.165, 1.54) is 0 Å². The Balaban J connectivity index is 2.17. The third kappa shape index (κ3) is 2.74. The number of rotatable bonds is 3. The van der Waals surface area contributed by atoms with Gasteiger partial charge in [-0.05, 0) is 13.0 Å². The van der Waals surface area contributed by atoms with Gasteiger partial charge < -0.3 is 10.6 Å². The van der Waals surface area contributed by atoms with Gasteiger partial charge in [0, 0.05) is 18.7 Å². The molecule has 0 unspecified atom stereocenters. The van der Waals surface area contributed by atoms with Crippen molar-refractivity contribution in [3.8, 4) is 0 Å². The zero-order valence-electron chi connectivity index (χ0n) is 9.35. The van der Waals surface area contributed by atoms with Crippen molar-refractivity contribution in [2.45, 2.75) is 12.5 Å². The molecule has 1 fully saturated rings. The molecular weight excluding hydrogens is 260 g/mol. The quantitative estimate of drug-likeness (QED) is 0.479. The average molecular weight is 271 g/mol. The van der Waals surface area contributed by atoms with E-state index in [0.717, 1.165) is 25.2 Å². The van der Waals surface area contributed by atoms with Gasteiger partial charge in [0.15, 0.2) is 0 Å². The van der Waals surface area contributed by atoms with Crippen LogP contribution in [0, 0.1) is 10.1 Å². The number of hydrogen-bond donors (Lipinski definition) is 2. The molecular formula is C10H11ClN4O3. The smallest absolute Gasteiger partial charge is 0.288 e. The molecule has 7 nitrogen and oxygen atoms in total. The second kappa shape index (κ2) is 5.28. The van der Waals surface area contributed by atoms with Crippen LogP contribution < -0.4 is 10.6 Å². The summed E-state index contributed by atoms with van der Waals surface area (Å²) in [7, 11) is 0. The van der Waals surface area contributed by atoms with E-state index in [9.17, 15) is 14.9 Å². The van der Waals surface area contributed by atoms with E-state index in [1.54, 1.807) is 0 Å². The summed E-state index contributed by atoms with van der Waals surface area (Å²) in [4.78, 5) is 25.6. The normalized spacial score (nSPS) is 18.6. The number of carbonyl (C=O) groups is 1. The summed E-state index contributed by atoms with van der Waals surface area (Å²) in [5.74, 6) is -0.440. The Hall–Kier alpha value is -1.73. The van der Waals surface area contributed by atoms with Gasteiger partial charge in [-0.25, -0.2) is 4.98 Å². The van der Waals surface area contributed by atoms with Crippen molar-refractivity contribution >= 4 is 23.2 Å². The van der Waals surface area contributed by atoms with Gasteiger partial charge in [-0.1, -0.05) is 11.6 Å². The highest BCUT2D eigenvalue weighted by Crippen LogP contribution is 2.19. The van der Waals surface area contributed by atoms with Crippen molar-refractivity contribution in [3.05, 3.63) is 33.1 Å². The summed E-state index contributed by atoms with van der Waals surface area (Å²) in [6.07, 6.45) is 1.85. The number of nitro groups is 1. The first-order valence-corrected chi connectivity index (χ1v) is 5.77. The number of nitrogens with zero attached hydrogens (tertiary/aromatic N) is 2. The average Bonchev–Trinajstić information content (AvgIpc) is 2.81. The van der Waals surface area contributed by atoms with Crippen molar-refractivity contribution in [2.75, 3.05) is 13.1 Å². The van der Waals surface area contributed by atoms with Crippen molar-refractivity contribution in [1.82, 2.24) is 15.6 Å². The molecule has 1 aromatic heterocycles. The molecule has 0 spiro atoms. The molecule has 0 saturated carbocycles. The van der Waals surface area contributed by atoms with E-state index in [1.807, 2.05) is 0 Å². The monoisotopic (exact) mass is 270 g/mol. The highest BCUT2D eigenvalue weighted by Gasteiger charge is 2.21. The van der Waals surface area contributed by atoms with Crippen molar-refractivity contribution in [3.63, 3.8) is 0 Å². The van der Waals surface area contributed by atoms with Gasteiger partial charge in [-0.15, -0.1) is 0 Å². The van der Waals surface area contributed by atoms with Gasteiger partial charge in [0.05, 0.1) is 10.5 Å². The largest absolute Gasteiger partial charge is 0.348 e. The van der Waals surface area contributed by atoms with Crippen LogP contribution in [0.5, 0.6) is 0 Å². The number of hydrogen-bond acceptors (Lipinski definition) is 5. The molecule has 2 heterocycles. The van der Waals surface area contributed by atoms with E-state index in [4.69, 9.17) is 11.6 Å². The first kappa shape index (κ1) is 12.7. The first-order chi connectivity index (χ1) is 8.58. The van der Waals surface area contributed by atoms with Crippen LogP contribution in [0.4, 0.5) is 5.69 Å². The van der Waals surface area contributed by atoms with Crippen LogP contribution >= 0.6 is 11.6 Å². The van der Waals surface area contributed by atoms with Gasteiger partial charge >= 0.3 is 0 Å². The molecule has 1 saturated heterocycles. The van der Waals surface area contributed by atoms with Gasteiger partial charge in [0.25, 0.3) is 11.6 Å². The molecule has 0 aliphatic carbocycles. The third-order valence-electron chi connectivity index (χ3n) is 2.68. The minimum atomic E-state index is -0.614. The summed E-state index contributed by atoms with van der Waals surface area (Å²) in [6, 6.07) is 1.15. The number of nitrogens with one attached hydrogen (secondary N) is 2. The summed E-state index contributed by atoms with van der Waals surface area (Å²) < 4.78 is 0. The Labute approximate surface area is 108 Å². The Morgan fingerprint density at radius 2 is 2.44 bits per heavy atom. The van der Waals surface area contributed by atoms with Crippen LogP contribution in [0.2, 0.25) is 5.15 Å². The molecule has 0 aromatic carbocycles. The van der Waals surface area contributed by atoms with Crippen LogP contribution in [-0.2, 0) is 0 Å². The molecule has 1 amide bonds. The van der Waals surface area contributed by atoms with Crippen molar-refractivity contribution in [2.24, 2.45) is 0 Å². The molecule has 2 N–H and O–H groups in total. The van der Waals surface area contributed by atoms with Crippen LogP contribution in [0.1, 0.15) is 16.8 Å². The maximum atomic E-state index is 11.9. The minimum Gasteiger partial charge on any atom is -0.348 e. The molecule has 1 aliphatic rings. The van der Waals surface area contributed by atoms with Gasteiger partial charge in [-0.3, -0.25) is 14.9 Å². The number of carbonyl (C=O) groups excluding carboxylic acids is 1. The maximum absolute atomic E-state index is 11.9. The predicted molar refractivity (Wildman–Crippen MR) is 64.6 cm³/mol. The zero-order valence-corrected chi connectivity index (χ0v) is 10.1. The molecule has 1 aromatic rings. The van der Waals surface area contributed by atoms with Crippen molar-refractivity contribution < 1.29 is 9.72 Å². The Morgan fingerprint density at radius 3 is 3.06 bits per heavy atom. The molecule has 0 radical (unpaired) electrons. The predicted octanol–water partition coefficient (Wildman–Crippen LogP) is 0.735. The Kier molecular flexibility index (Phi) is 3.73. The summed E-state index contributed by atoms with van der Waals surface area (Å²) in [5, 5.41) is 16.4. The second-order valence-electron chi connectivity index (χ2n) is 3.95. The summed E-state index contributed by atoms with van der Waals surface area (Å²) in [5.41, 5.74) is -0.230. The lowest BCUT2D eigenvalue weighted by atomic mass is 10.2. The summed E-state index contributed by atoms with van der Waals surface area (Å²) in [6.45, 7) is 1.53. The Morgan fingerprint density at radius 1 is 1.67 bits per heavy atom. The molecule has 1 aliphatic heterocycles. The molecule has 2 rings (SSSR count). The molecule has 96 valence electrons. The number of aromatic nitrogens is 1. The maximum Gasteiger partial charge on any atom is 0.288 e. The van der Waals surface area contributed by atoms with Crippen LogP contribution in [-0.4, -0.2) is 34.9 Å². The first-order valence-electron chi connectivity index (χ1n) is 5.39. The van der Waals surface area contributed by atoms with E-state index in [-0.39, 0.29) is 22.4 Å². The molecule has 0 bridgehead atoms. The minimum absolute atomic E-state index is 0.0211. The topological polar surface area (TPSA) is 97.2 Å². The SMILES string of the molecule is O=C(N[C@H]1CCNC1)c1cc([N+](=O)[O-])cnc1Cl. The Bertz CT molecular complexity index is 488. The van der Waals surface area contributed by atoms with Crippen molar-refractivity contribution in [1.29, 1.82) is 0 Å². The highest BCUT2D eigenvalue weighted by molar-refractivity contribution is 6.32. The number of amides is 1. The lowest BCUT2D eigenvalue weighted by molar-refractivity contribution is -0.385.